The van der Waals surface area contributed by atoms with E-state index in [9.17, 15) is 4.79 Å². The molecule has 3 aromatic heterocycles. The Morgan fingerprint density at radius 3 is 3.27 bits per heavy atom. The van der Waals surface area contributed by atoms with Gasteiger partial charge in [0.05, 0.1) is 16.8 Å². The average Bonchev–Trinajstić information content (AvgIpc) is 3.07. The molecule has 3 aromatic rings. The van der Waals surface area contributed by atoms with Gasteiger partial charge in [0.2, 0.25) is 11.6 Å². The van der Waals surface area contributed by atoms with E-state index in [1.807, 2.05) is 6.07 Å². The van der Waals surface area contributed by atoms with Crippen molar-refractivity contribution in [3.8, 4) is 0 Å². The number of fused-ring (bicyclic) bond motifs is 1. The minimum Gasteiger partial charge on any atom is -0.308 e. The monoisotopic (exact) mass is 316 g/mol. The van der Waals surface area contributed by atoms with Crippen molar-refractivity contribution in [3.63, 3.8) is 0 Å². The van der Waals surface area contributed by atoms with Gasteiger partial charge in [-0.25, -0.2) is 0 Å². The lowest BCUT2D eigenvalue weighted by atomic mass is 10.3. The molecule has 0 spiro atoms. The maximum atomic E-state index is 12.0. The van der Waals surface area contributed by atoms with Gasteiger partial charge >= 0.3 is 0 Å². The van der Waals surface area contributed by atoms with Crippen molar-refractivity contribution in [3.05, 3.63) is 24.0 Å². The van der Waals surface area contributed by atoms with E-state index in [0.717, 1.165) is 10.6 Å². The third-order valence-electron chi connectivity index (χ3n) is 3.32. The summed E-state index contributed by atoms with van der Waals surface area (Å²) in [5.41, 5.74) is 1.63. The van der Waals surface area contributed by atoms with Crippen LogP contribution in [0, 0.1) is 0 Å². The molecular formula is C12H12N8OS. The summed E-state index contributed by atoms with van der Waals surface area (Å²) in [5, 5.41) is 25.0. The number of anilines is 1. The summed E-state index contributed by atoms with van der Waals surface area (Å²) in [5.74, 6) is 1.27. The maximum Gasteiger partial charge on any atom is 0.235 e. The summed E-state index contributed by atoms with van der Waals surface area (Å²) in [7, 11) is 0. The second-order valence-corrected chi connectivity index (χ2v) is 6.02. The van der Waals surface area contributed by atoms with Gasteiger partial charge in [-0.1, -0.05) is 0 Å². The lowest BCUT2D eigenvalue weighted by Gasteiger charge is -2.02. The van der Waals surface area contributed by atoms with Crippen LogP contribution in [0.4, 0.5) is 5.82 Å². The highest BCUT2D eigenvalue weighted by Crippen LogP contribution is 2.39. The van der Waals surface area contributed by atoms with Crippen LogP contribution in [0.3, 0.4) is 0 Å². The SMILES string of the molecule is O=C(CSc1ccnn2nnnc12)Nc1cc(C2CC2)[nH]n1. The predicted molar refractivity (Wildman–Crippen MR) is 78.5 cm³/mol. The number of amides is 1. The number of rotatable bonds is 5. The zero-order valence-electron chi connectivity index (χ0n) is 11.4. The highest BCUT2D eigenvalue weighted by atomic mass is 32.2. The number of aromatic amines is 1. The van der Waals surface area contributed by atoms with Gasteiger partial charge in [-0.2, -0.15) is 10.2 Å². The second kappa shape index (κ2) is 5.37. The van der Waals surface area contributed by atoms with Crippen LogP contribution in [0.15, 0.2) is 23.2 Å². The Hall–Kier alpha value is -2.49. The van der Waals surface area contributed by atoms with Crippen molar-refractivity contribution in [1.82, 2.24) is 35.5 Å². The van der Waals surface area contributed by atoms with Crippen LogP contribution in [0.1, 0.15) is 24.5 Å². The molecule has 0 atom stereocenters. The number of tetrazole rings is 1. The van der Waals surface area contributed by atoms with Gasteiger partial charge < -0.3 is 5.32 Å². The average molecular weight is 316 g/mol. The first kappa shape index (κ1) is 13.2. The number of H-pyrrole nitrogens is 1. The molecule has 0 saturated heterocycles. The second-order valence-electron chi connectivity index (χ2n) is 5.01. The molecule has 0 aliphatic heterocycles. The zero-order chi connectivity index (χ0) is 14.9. The van der Waals surface area contributed by atoms with E-state index in [-0.39, 0.29) is 11.7 Å². The molecule has 1 aliphatic carbocycles. The number of nitrogens with zero attached hydrogens (tertiary/aromatic N) is 6. The Morgan fingerprint density at radius 1 is 1.50 bits per heavy atom. The summed E-state index contributed by atoms with van der Waals surface area (Å²) < 4.78 is 1.33. The Labute approximate surface area is 128 Å². The fourth-order valence-corrected chi connectivity index (χ4v) is 2.85. The summed E-state index contributed by atoms with van der Waals surface area (Å²) >= 11 is 1.35. The van der Waals surface area contributed by atoms with Crippen molar-refractivity contribution >= 4 is 29.1 Å². The first-order chi connectivity index (χ1) is 10.8. The lowest BCUT2D eigenvalue weighted by Crippen LogP contribution is -2.14. The van der Waals surface area contributed by atoms with Gasteiger partial charge in [0.25, 0.3) is 0 Å². The van der Waals surface area contributed by atoms with Crippen LogP contribution in [0.25, 0.3) is 5.65 Å². The zero-order valence-corrected chi connectivity index (χ0v) is 12.2. The standard InChI is InChI=1S/C12H12N8OS/c21-11(14-10-5-8(15-16-10)7-1-2-7)6-22-9-3-4-13-20-12(9)17-18-19-20/h3-5,7H,1-2,6H2,(H2,14,15,16,21). The quantitative estimate of drug-likeness (QED) is 0.671. The molecule has 2 N–H and O–H groups in total. The molecule has 9 nitrogen and oxygen atoms in total. The van der Waals surface area contributed by atoms with Gasteiger partial charge in [0.15, 0.2) is 5.82 Å². The molecule has 3 heterocycles. The Morgan fingerprint density at radius 2 is 2.41 bits per heavy atom. The predicted octanol–water partition coefficient (Wildman–Crippen LogP) is 0.851. The molecule has 0 aromatic carbocycles. The molecule has 1 saturated carbocycles. The molecule has 1 aliphatic rings. The molecule has 0 unspecified atom stereocenters. The third kappa shape index (κ3) is 2.64. The van der Waals surface area contributed by atoms with Crippen molar-refractivity contribution in [2.75, 3.05) is 11.1 Å². The van der Waals surface area contributed by atoms with Crippen molar-refractivity contribution in [1.29, 1.82) is 0 Å². The summed E-state index contributed by atoms with van der Waals surface area (Å²) in [6, 6.07) is 3.68. The van der Waals surface area contributed by atoms with Crippen LogP contribution in [-0.4, -0.2) is 47.1 Å². The van der Waals surface area contributed by atoms with Crippen molar-refractivity contribution < 1.29 is 4.79 Å². The molecule has 0 radical (unpaired) electrons. The van der Waals surface area contributed by atoms with E-state index in [4.69, 9.17) is 0 Å². The summed E-state index contributed by atoms with van der Waals surface area (Å²) in [6.07, 6.45) is 3.98. The van der Waals surface area contributed by atoms with E-state index in [1.54, 1.807) is 12.3 Å². The van der Waals surface area contributed by atoms with Gasteiger partial charge in [0.1, 0.15) is 0 Å². The molecule has 1 fully saturated rings. The Balaban J connectivity index is 1.38. The maximum absolute atomic E-state index is 12.0. The van der Waals surface area contributed by atoms with Crippen LogP contribution in [0.2, 0.25) is 0 Å². The van der Waals surface area contributed by atoms with Crippen molar-refractivity contribution in [2.45, 2.75) is 23.7 Å². The lowest BCUT2D eigenvalue weighted by molar-refractivity contribution is -0.113. The smallest absolute Gasteiger partial charge is 0.235 e. The van der Waals surface area contributed by atoms with Gasteiger partial charge in [-0.15, -0.1) is 21.5 Å². The van der Waals surface area contributed by atoms with Crippen LogP contribution in [-0.2, 0) is 4.79 Å². The fourth-order valence-electron chi connectivity index (χ4n) is 2.09. The first-order valence-electron chi connectivity index (χ1n) is 6.81. The van der Waals surface area contributed by atoms with Crippen LogP contribution in [0.5, 0.6) is 0 Å². The molecule has 112 valence electrons. The molecule has 0 bridgehead atoms. The third-order valence-corrected chi connectivity index (χ3v) is 4.35. The Kier molecular flexibility index (Phi) is 3.22. The number of hydrogen-bond acceptors (Lipinski definition) is 7. The number of hydrogen-bond donors (Lipinski definition) is 2. The molecule has 10 heteroatoms. The highest BCUT2D eigenvalue weighted by molar-refractivity contribution is 8.00. The highest BCUT2D eigenvalue weighted by Gasteiger charge is 2.25. The van der Waals surface area contributed by atoms with Gasteiger partial charge in [0, 0.05) is 17.7 Å². The Bertz CT molecular complexity index is 823. The number of aromatic nitrogens is 7. The summed E-state index contributed by atoms with van der Waals surface area (Å²) in [6.45, 7) is 0. The topological polar surface area (TPSA) is 114 Å². The molecule has 22 heavy (non-hydrogen) atoms. The first-order valence-corrected chi connectivity index (χ1v) is 7.79. The number of carbonyl (C=O) groups is 1. The number of nitrogens with one attached hydrogen (secondary N) is 2. The normalized spacial score (nSPS) is 14.4. The van der Waals surface area contributed by atoms with E-state index in [1.165, 1.54) is 29.2 Å². The van der Waals surface area contributed by atoms with Crippen molar-refractivity contribution in [2.24, 2.45) is 0 Å². The van der Waals surface area contributed by atoms with E-state index in [2.05, 4.69) is 36.1 Å². The van der Waals surface area contributed by atoms with E-state index < -0.39 is 0 Å². The van der Waals surface area contributed by atoms with Gasteiger partial charge in [-0.3, -0.25) is 9.89 Å². The molecular weight excluding hydrogens is 304 g/mol. The largest absolute Gasteiger partial charge is 0.308 e. The number of thioether (sulfide) groups is 1. The minimum atomic E-state index is -0.124. The van der Waals surface area contributed by atoms with E-state index in [0.29, 0.717) is 17.4 Å². The number of carbonyl (C=O) groups excluding carboxylic acids is 1. The van der Waals surface area contributed by atoms with Gasteiger partial charge in [-0.05, 0) is 29.3 Å². The van der Waals surface area contributed by atoms with Crippen LogP contribution < -0.4 is 5.32 Å². The summed E-state index contributed by atoms with van der Waals surface area (Å²) in [4.78, 5) is 12.8. The molecule has 1 amide bonds. The van der Waals surface area contributed by atoms with E-state index >= 15 is 0 Å². The minimum absolute atomic E-state index is 0.124. The van der Waals surface area contributed by atoms with Crippen LogP contribution >= 0.6 is 11.8 Å². The molecule has 4 rings (SSSR count). The fraction of sp³-hybridized carbons (Fsp3) is 0.333.